The Labute approximate surface area is 174 Å². The average Bonchev–Trinajstić information content (AvgIpc) is 3.10. The van der Waals surface area contributed by atoms with Crippen molar-refractivity contribution in [2.24, 2.45) is 0 Å². The van der Waals surface area contributed by atoms with Crippen molar-refractivity contribution in [3.05, 3.63) is 59.1 Å². The first-order valence-electron chi connectivity index (χ1n) is 9.19. The summed E-state index contributed by atoms with van der Waals surface area (Å²) in [5, 5.41) is 12.9. The fourth-order valence-corrected chi connectivity index (χ4v) is 3.72. The third kappa shape index (κ3) is 4.94. The number of nitrogens with zero attached hydrogens (tertiary/aromatic N) is 3. The zero-order valence-electron chi connectivity index (χ0n) is 16.1. The minimum atomic E-state index is -0.0652. The van der Waals surface area contributed by atoms with Gasteiger partial charge in [-0.15, -0.1) is 10.2 Å². The fraction of sp³-hybridized carbons (Fsp3) is 0.286. The molecule has 1 amide bonds. The molecule has 0 aliphatic rings. The molecule has 146 valence electrons. The van der Waals surface area contributed by atoms with E-state index in [0.717, 1.165) is 22.2 Å². The van der Waals surface area contributed by atoms with E-state index in [0.29, 0.717) is 17.5 Å². The first-order valence-corrected chi connectivity index (χ1v) is 10.6. The van der Waals surface area contributed by atoms with Crippen molar-refractivity contribution >= 4 is 35.0 Å². The molecule has 0 atom stereocenters. The molecule has 0 fully saturated rings. The second kappa shape index (κ2) is 9.26. The third-order valence-corrected chi connectivity index (χ3v) is 5.52. The second-order valence-corrected chi connectivity index (χ2v) is 8.05. The quantitative estimate of drug-likeness (QED) is 0.520. The summed E-state index contributed by atoms with van der Waals surface area (Å²) in [5.74, 6) is 1.39. The number of amides is 1. The number of hydrogen-bond acceptors (Lipinski definition) is 4. The van der Waals surface area contributed by atoms with Crippen molar-refractivity contribution in [1.29, 1.82) is 0 Å². The smallest absolute Gasteiger partial charge is 0.234 e. The van der Waals surface area contributed by atoms with Crippen LogP contribution in [0.2, 0.25) is 5.02 Å². The minimum Gasteiger partial charge on any atom is -0.325 e. The van der Waals surface area contributed by atoms with Gasteiger partial charge in [0.1, 0.15) is 0 Å². The van der Waals surface area contributed by atoms with Crippen LogP contribution in [0.3, 0.4) is 0 Å². The molecule has 3 rings (SSSR count). The van der Waals surface area contributed by atoms with E-state index in [9.17, 15) is 4.79 Å². The predicted molar refractivity (Wildman–Crippen MR) is 116 cm³/mol. The van der Waals surface area contributed by atoms with E-state index in [1.54, 1.807) is 0 Å². The van der Waals surface area contributed by atoms with Gasteiger partial charge in [0, 0.05) is 22.8 Å². The van der Waals surface area contributed by atoms with Gasteiger partial charge in [-0.05, 0) is 54.8 Å². The summed E-state index contributed by atoms with van der Waals surface area (Å²) in [6.07, 6.45) is 0. The summed E-state index contributed by atoms with van der Waals surface area (Å²) >= 11 is 7.34. The molecular formula is C21H23ClN4OS. The van der Waals surface area contributed by atoms with Crippen LogP contribution in [0.5, 0.6) is 0 Å². The first-order chi connectivity index (χ1) is 13.5. The van der Waals surface area contributed by atoms with E-state index >= 15 is 0 Å². The van der Waals surface area contributed by atoms with Gasteiger partial charge in [0.05, 0.1) is 5.75 Å². The lowest BCUT2D eigenvalue weighted by Gasteiger charge is -2.10. The molecule has 28 heavy (non-hydrogen) atoms. The lowest BCUT2D eigenvalue weighted by molar-refractivity contribution is -0.113. The number of halogens is 1. The molecule has 0 aliphatic heterocycles. The molecule has 0 saturated carbocycles. The summed E-state index contributed by atoms with van der Waals surface area (Å²) in [6, 6.07) is 15.4. The number of hydrogen-bond donors (Lipinski definition) is 1. The number of carbonyl (C=O) groups excluding carboxylic acids is 1. The van der Waals surface area contributed by atoms with Crippen LogP contribution in [0.25, 0.3) is 11.4 Å². The average molecular weight is 415 g/mol. The van der Waals surface area contributed by atoms with Gasteiger partial charge in [-0.2, -0.15) is 0 Å². The summed E-state index contributed by atoms with van der Waals surface area (Å²) < 4.78 is 2.00. The van der Waals surface area contributed by atoms with Gasteiger partial charge in [0.15, 0.2) is 11.0 Å². The van der Waals surface area contributed by atoms with E-state index in [1.165, 1.54) is 17.3 Å². The van der Waals surface area contributed by atoms with Crippen molar-refractivity contribution in [2.75, 3.05) is 11.1 Å². The van der Waals surface area contributed by atoms with Crippen molar-refractivity contribution in [3.8, 4) is 11.4 Å². The molecule has 5 nitrogen and oxygen atoms in total. The molecule has 0 bridgehead atoms. The molecule has 0 radical (unpaired) electrons. The Morgan fingerprint density at radius 3 is 2.61 bits per heavy atom. The van der Waals surface area contributed by atoms with E-state index in [4.69, 9.17) is 11.6 Å². The van der Waals surface area contributed by atoms with Crippen LogP contribution in [-0.2, 0) is 11.3 Å². The maximum atomic E-state index is 12.4. The van der Waals surface area contributed by atoms with E-state index < -0.39 is 0 Å². The molecule has 1 aromatic heterocycles. The van der Waals surface area contributed by atoms with Gasteiger partial charge in [-0.3, -0.25) is 4.79 Å². The van der Waals surface area contributed by atoms with Crippen LogP contribution in [-0.4, -0.2) is 26.4 Å². The zero-order chi connectivity index (χ0) is 20.1. The topological polar surface area (TPSA) is 59.8 Å². The molecule has 3 aromatic rings. The summed E-state index contributed by atoms with van der Waals surface area (Å²) in [5.41, 5.74) is 2.96. The maximum Gasteiger partial charge on any atom is 0.234 e. The van der Waals surface area contributed by atoms with Crippen LogP contribution < -0.4 is 5.32 Å². The van der Waals surface area contributed by atoms with Crippen LogP contribution >= 0.6 is 23.4 Å². The highest BCUT2D eigenvalue weighted by Gasteiger charge is 2.15. The highest BCUT2D eigenvalue weighted by molar-refractivity contribution is 7.99. The summed E-state index contributed by atoms with van der Waals surface area (Å²) in [7, 11) is 0. The molecule has 7 heteroatoms. The van der Waals surface area contributed by atoms with Crippen LogP contribution in [0, 0.1) is 0 Å². The first kappa shape index (κ1) is 20.4. The lowest BCUT2D eigenvalue weighted by atomic mass is 10.0. The van der Waals surface area contributed by atoms with E-state index in [2.05, 4.69) is 35.4 Å². The molecule has 2 aromatic carbocycles. The Kier molecular flexibility index (Phi) is 6.75. The Bertz CT molecular complexity index is 953. The maximum absolute atomic E-state index is 12.4. The second-order valence-electron chi connectivity index (χ2n) is 6.67. The number of anilines is 1. The number of carbonyl (C=O) groups is 1. The predicted octanol–water partition coefficient (Wildman–Crippen LogP) is 5.47. The Balaban J connectivity index is 1.66. The highest BCUT2D eigenvalue weighted by atomic mass is 35.5. The van der Waals surface area contributed by atoms with E-state index in [1.807, 2.05) is 54.0 Å². The Hall–Kier alpha value is -2.31. The van der Waals surface area contributed by atoms with E-state index in [-0.39, 0.29) is 11.7 Å². The van der Waals surface area contributed by atoms with Gasteiger partial charge in [0.25, 0.3) is 0 Å². The minimum absolute atomic E-state index is 0.0652. The summed E-state index contributed by atoms with van der Waals surface area (Å²) in [6.45, 7) is 7.01. The number of aromatic nitrogens is 3. The number of thioether (sulfide) groups is 1. The molecule has 0 saturated heterocycles. The number of nitrogens with one attached hydrogen (secondary N) is 1. The molecular weight excluding hydrogens is 392 g/mol. The van der Waals surface area contributed by atoms with Crippen molar-refractivity contribution in [2.45, 2.75) is 38.4 Å². The third-order valence-electron chi connectivity index (χ3n) is 4.30. The highest BCUT2D eigenvalue weighted by Crippen LogP contribution is 2.25. The van der Waals surface area contributed by atoms with Gasteiger partial charge in [-0.25, -0.2) is 0 Å². The lowest BCUT2D eigenvalue weighted by Crippen LogP contribution is -2.14. The molecule has 0 spiro atoms. The van der Waals surface area contributed by atoms with Crippen molar-refractivity contribution < 1.29 is 4.79 Å². The largest absolute Gasteiger partial charge is 0.325 e. The molecule has 1 N–H and O–H groups in total. The number of rotatable bonds is 7. The fourth-order valence-electron chi connectivity index (χ4n) is 2.80. The molecule has 1 heterocycles. The number of benzene rings is 2. The normalized spacial score (nSPS) is 11.0. The van der Waals surface area contributed by atoms with Crippen LogP contribution in [0.4, 0.5) is 5.69 Å². The SMILES string of the molecule is CCn1c(SCC(=O)Nc2cccc(C(C)C)c2)nnc1-c1ccc(Cl)cc1. The molecule has 0 aliphatic carbocycles. The van der Waals surface area contributed by atoms with Gasteiger partial charge in [-0.1, -0.05) is 49.3 Å². The van der Waals surface area contributed by atoms with Crippen molar-refractivity contribution in [1.82, 2.24) is 14.8 Å². The van der Waals surface area contributed by atoms with Gasteiger partial charge < -0.3 is 9.88 Å². The standard InChI is InChI=1S/C21H23ClN4OS/c1-4-26-20(15-8-10-17(22)11-9-15)24-25-21(26)28-13-19(27)23-18-7-5-6-16(12-18)14(2)3/h5-12,14H,4,13H2,1-3H3,(H,23,27). The monoisotopic (exact) mass is 414 g/mol. The summed E-state index contributed by atoms with van der Waals surface area (Å²) in [4.78, 5) is 12.4. The van der Waals surface area contributed by atoms with Crippen molar-refractivity contribution in [3.63, 3.8) is 0 Å². The van der Waals surface area contributed by atoms with Crippen LogP contribution in [0.1, 0.15) is 32.3 Å². The van der Waals surface area contributed by atoms with Gasteiger partial charge >= 0.3 is 0 Å². The Morgan fingerprint density at radius 2 is 1.93 bits per heavy atom. The Morgan fingerprint density at radius 1 is 1.18 bits per heavy atom. The van der Waals surface area contributed by atoms with Crippen LogP contribution in [0.15, 0.2) is 53.7 Å². The zero-order valence-corrected chi connectivity index (χ0v) is 17.7. The molecule has 0 unspecified atom stereocenters. The van der Waals surface area contributed by atoms with Gasteiger partial charge in [0.2, 0.25) is 5.91 Å².